The molecule has 4 rings (SSSR count). The number of para-hydroxylation sites is 2. The second kappa shape index (κ2) is 9.94. The molecule has 4 aromatic rings. The molecule has 0 saturated heterocycles. The number of amides is 1. The van der Waals surface area contributed by atoms with E-state index in [0.29, 0.717) is 33.1 Å². The highest BCUT2D eigenvalue weighted by Gasteiger charge is 2.22. The monoisotopic (exact) mass is 497 g/mol. The summed E-state index contributed by atoms with van der Waals surface area (Å²) in [6.07, 6.45) is 0. The number of hydrogen-bond donors (Lipinski definition) is 3. The number of ether oxygens (including phenoxy) is 1. The molecule has 174 valence electrons. The normalized spacial score (nSPS) is 10.8. The standard InChI is InChI=1S/C23H20ClN5O4S/c1-25-23(30)14-6-5-7-15(12-14)29(34(31)32)22-21(26-18-8-3-4-9-19(18)28-22)27-20-13-16(33-2)10-11-17(20)24/h3-13,34H,1-2H3,(H,25,30)(H,26,27). The number of hydrogen-bond acceptors (Lipinski definition) is 7. The molecule has 0 unspecified atom stereocenters. The molecule has 0 saturated carbocycles. The number of nitrogens with one attached hydrogen (secondary N) is 2. The van der Waals surface area contributed by atoms with Gasteiger partial charge in [-0.1, -0.05) is 29.8 Å². The van der Waals surface area contributed by atoms with Crippen molar-refractivity contribution < 1.29 is 17.9 Å². The molecule has 0 atom stereocenters. The van der Waals surface area contributed by atoms with E-state index >= 15 is 0 Å². The van der Waals surface area contributed by atoms with Gasteiger partial charge in [0.05, 0.1) is 34.5 Å². The van der Waals surface area contributed by atoms with Crippen LogP contribution in [0.3, 0.4) is 0 Å². The van der Waals surface area contributed by atoms with Crippen molar-refractivity contribution in [2.45, 2.75) is 0 Å². The van der Waals surface area contributed by atoms with E-state index in [9.17, 15) is 13.2 Å². The van der Waals surface area contributed by atoms with E-state index in [1.807, 2.05) is 0 Å². The van der Waals surface area contributed by atoms with Gasteiger partial charge in [-0.15, -0.1) is 0 Å². The highest BCUT2D eigenvalue weighted by Crippen LogP contribution is 2.36. The van der Waals surface area contributed by atoms with Gasteiger partial charge in [-0.2, -0.15) is 0 Å². The van der Waals surface area contributed by atoms with Crippen molar-refractivity contribution in [1.82, 2.24) is 15.3 Å². The Morgan fingerprint density at radius 2 is 1.74 bits per heavy atom. The van der Waals surface area contributed by atoms with E-state index in [0.717, 1.165) is 4.31 Å². The molecule has 0 aliphatic rings. The fourth-order valence-electron chi connectivity index (χ4n) is 3.29. The molecule has 0 bridgehead atoms. The van der Waals surface area contributed by atoms with E-state index in [1.165, 1.54) is 20.2 Å². The maximum atomic E-state index is 12.5. The minimum Gasteiger partial charge on any atom is -0.497 e. The van der Waals surface area contributed by atoms with Gasteiger partial charge in [-0.05, 0) is 42.5 Å². The third kappa shape index (κ3) is 4.73. The summed E-state index contributed by atoms with van der Waals surface area (Å²) in [6.45, 7) is 0. The molecule has 0 aliphatic carbocycles. The summed E-state index contributed by atoms with van der Waals surface area (Å²) in [5, 5.41) is 5.99. The lowest BCUT2D eigenvalue weighted by Crippen LogP contribution is -2.21. The molecule has 1 aromatic heterocycles. The Labute approximate surface area is 202 Å². The maximum absolute atomic E-state index is 12.5. The quantitative estimate of drug-likeness (QED) is 0.330. The Morgan fingerprint density at radius 1 is 1.00 bits per heavy atom. The summed E-state index contributed by atoms with van der Waals surface area (Å²) < 4.78 is 31.2. The molecular weight excluding hydrogens is 478 g/mol. The summed E-state index contributed by atoms with van der Waals surface area (Å²) in [6, 6.07) is 18.3. The average molecular weight is 498 g/mol. The first kappa shape index (κ1) is 23.3. The van der Waals surface area contributed by atoms with Crippen LogP contribution in [0, 0.1) is 0 Å². The first-order valence-electron chi connectivity index (χ1n) is 10.0. The Hall–Kier alpha value is -3.89. The predicted molar refractivity (Wildman–Crippen MR) is 133 cm³/mol. The van der Waals surface area contributed by atoms with Gasteiger partial charge in [0.25, 0.3) is 5.91 Å². The van der Waals surface area contributed by atoms with Crippen LogP contribution < -0.4 is 19.7 Å². The number of halogens is 1. The van der Waals surface area contributed by atoms with Crippen LogP contribution in [0.1, 0.15) is 10.4 Å². The first-order valence-corrected chi connectivity index (χ1v) is 11.6. The van der Waals surface area contributed by atoms with E-state index in [-0.39, 0.29) is 23.2 Å². The van der Waals surface area contributed by atoms with Crippen molar-refractivity contribution in [2.24, 2.45) is 0 Å². The zero-order chi connectivity index (χ0) is 24.2. The van der Waals surface area contributed by atoms with Crippen LogP contribution >= 0.6 is 11.6 Å². The highest BCUT2D eigenvalue weighted by atomic mass is 35.5. The summed E-state index contributed by atoms with van der Waals surface area (Å²) >= 11 is 6.36. The molecule has 0 spiro atoms. The average Bonchev–Trinajstić information content (AvgIpc) is 2.85. The van der Waals surface area contributed by atoms with E-state index in [2.05, 4.69) is 20.6 Å². The fraction of sp³-hybridized carbons (Fsp3) is 0.0870. The molecule has 1 heterocycles. The van der Waals surface area contributed by atoms with Gasteiger partial charge in [-0.25, -0.2) is 22.7 Å². The highest BCUT2D eigenvalue weighted by molar-refractivity contribution is 7.74. The number of benzene rings is 3. The second-order valence-corrected chi connectivity index (χ2v) is 8.32. The van der Waals surface area contributed by atoms with Gasteiger partial charge in [0.1, 0.15) is 5.75 Å². The van der Waals surface area contributed by atoms with Crippen molar-refractivity contribution in [3.05, 3.63) is 77.3 Å². The topological polar surface area (TPSA) is 114 Å². The Bertz CT molecular complexity index is 1450. The Morgan fingerprint density at radius 3 is 2.41 bits per heavy atom. The van der Waals surface area contributed by atoms with Gasteiger partial charge < -0.3 is 15.4 Å². The number of carbonyl (C=O) groups is 1. The molecule has 9 nitrogen and oxygen atoms in total. The Balaban J connectivity index is 1.91. The van der Waals surface area contributed by atoms with Crippen molar-refractivity contribution in [2.75, 3.05) is 23.8 Å². The predicted octanol–water partition coefficient (Wildman–Crippen LogP) is 4.06. The summed E-state index contributed by atoms with van der Waals surface area (Å²) in [5.74, 6) is 0.363. The number of carbonyl (C=O) groups excluding carboxylic acids is 1. The molecule has 11 heteroatoms. The SMILES string of the molecule is CNC(=O)c1cccc(N(c2nc3ccccc3nc2Nc2cc(OC)ccc2Cl)[SH](=O)=O)c1. The summed E-state index contributed by atoms with van der Waals surface area (Å²) in [5.41, 5.74) is 2.01. The van der Waals surface area contributed by atoms with E-state index in [4.69, 9.17) is 16.3 Å². The number of anilines is 4. The van der Waals surface area contributed by atoms with Crippen molar-refractivity contribution in [3.8, 4) is 5.75 Å². The smallest absolute Gasteiger partial charge is 0.251 e. The molecule has 1 amide bonds. The minimum atomic E-state index is -3.21. The molecular formula is C23H20ClN5O4S. The van der Waals surface area contributed by atoms with E-state index < -0.39 is 10.9 Å². The van der Waals surface area contributed by atoms with Crippen LogP contribution in [0.15, 0.2) is 66.7 Å². The summed E-state index contributed by atoms with van der Waals surface area (Å²) in [4.78, 5) is 21.3. The van der Waals surface area contributed by atoms with Crippen molar-refractivity contribution in [1.29, 1.82) is 0 Å². The van der Waals surface area contributed by atoms with Crippen LogP contribution in [0.25, 0.3) is 11.0 Å². The lowest BCUT2D eigenvalue weighted by atomic mass is 10.2. The molecule has 2 N–H and O–H groups in total. The fourth-order valence-corrected chi connectivity index (χ4v) is 4.07. The summed E-state index contributed by atoms with van der Waals surface area (Å²) in [7, 11) is -0.193. The lowest BCUT2D eigenvalue weighted by Gasteiger charge is -2.21. The lowest BCUT2D eigenvalue weighted by molar-refractivity contribution is 0.0963. The zero-order valence-electron chi connectivity index (χ0n) is 18.2. The van der Waals surface area contributed by atoms with Crippen molar-refractivity contribution in [3.63, 3.8) is 0 Å². The number of fused-ring (bicyclic) bond motifs is 1. The number of nitrogens with zero attached hydrogens (tertiary/aromatic N) is 3. The first-order chi connectivity index (χ1) is 16.4. The maximum Gasteiger partial charge on any atom is 0.251 e. The third-order valence-corrected chi connectivity index (χ3v) is 6.00. The van der Waals surface area contributed by atoms with Crippen LogP contribution in [-0.4, -0.2) is 38.5 Å². The number of thiol groups is 1. The second-order valence-electron chi connectivity index (χ2n) is 7.03. The molecule has 0 radical (unpaired) electrons. The van der Waals surface area contributed by atoms with E-state index in [1.54, 1.807) is 60.7 Å². The molecule has 3 aromatic carbocycles. The van der Waals surface area contributed by atoms with Gasteiger partial charge >= 0.3 is 0 Å². The molecule has 34 heavy (non-hydrogen) atoms. The Kier molecular flexibility index (Phi) is 6.80. The minimum absolute atomic E-state index is 0.0164. The van der Waals surface area contributed by atoms with Crippen LogP contribution in [0.2, 0.25) is 5.02 Å². The van der Waals surface area contributed by atoms with Crippen LogP contribution in [0.5, 0.6) is 5.75 Å². The zero-order valence-corrected chi connectivity index (χ0v) is 19.8. The van der Waals surface area contributed by atoms with Gasteiger partial charge in [0.2, 0.25) is 10.9 Å². The van der Waals surface area contributed by atoms with Crippen molar-refractivity contribution >= 4 is 62.4 Å². The number of methoxy groups -OCH3 is 1. The van der Waals surface area contributed by atoms with Crippen LogP contribution in [0.4, 0.5) is 23.0 Å². The largest absolute Gasteiger partial charge is 0.497 e. The number of aromatic nitrogens is 2. The molecule has 0 aliphatic heterocycles. The van der Waals surface area contributed by atoms with Crippen LogP contribution in [-0.2, 0) is 10.9 Å². The third-order valence-electron chi connectivity index (χ3n) is 4.92. The molecule has 0 fully saturated rings. The van der Waals surface area contributed by atoms with Gasteiger partial charge in [0.15, 0.2) is 11.6 Å². The van der Waals surface area contributed by atoms with Gasteiger partial charge in [0, 0.05) is 18.7 Å². The number of rotatable bonds is 7. The van der Waals surface area contributed by atoms with Gasteiger partial charge in [-0.3, -0.25) is 4.79 Å².